The number of rotatable bonds is 2. The van der Waals surface area contributed by atoms with Crippen LogP contribution in [-0.2, 0) is 0 Å². The van der Waals surface area contributed by atoms with Crippen LogP contribution in [0.2, 0.25) is 0 Å². The van der Waals surface area contributed by atoms with E-state index in [0.29, 0.717) is 11.4 Å². The number of nitrogens with zero attached hydrogens (tertiary/aromatic N) is 3. The Labute approximate surface area is 139 Å². The predicted octanol–water partition coefficient (Wildman–Crippen LogP) is 1.89. The number of quaternary nitrogens is 1. The van der Waals surface area contributed by atoms with Gasteiger partial charge in [-0.2, -0.15) is 4.39 Å². The van der Waals surface area contributed by atoms with Crippen molar-refractivity contribution in [3.63, 3.8) is 0 Å². The summed E-state index contributed by atoms with van der Waals surface area (Å²) in [6, 6.07) is 8.11. The van der Waals surface area contributed by atoms with Crippen molar-refractivity contribution in [1.82, 2.24) is 9.97 Å². The second kappa shape index (κ2) is 7.68. The Bertz CT molecular complexity index is 800. The summed E-state index contributed by atoms with van der Waals surface area (Å²) in [5, 5.41) is 11.1. The van der Waals surface area contributed by atoms with E-state index in [-0.39, 0.29) is 0 Å². The standard InChI is InChI=1S/C18H17FN4O/c19-17-8-2-6-15(21-17)5-1-4-14-9-12-23(13-10-14)18-16(22-24)7-3-11-20-18/h2-4,6-8,11H,9-10,12-13,22H2. The van der Waals surface area contributed by atoms with Crippen LogP contribution in [0.1, 0.15) is 18.5 Å². The van der Waals surface area contributed by atoms with Crippen molar-refractivity contribution in [2.24, 2.45) is 0 Å². The fraction of sp³-hybridized carbons (Fsp3) is 0.222. The minimum Gasteiger partial charge on any atom is -0.630 e. The van der Waals surface area contributed by atoms with Gasteiger partial charge in [-0.05, 0) is 43.0 Å². The van der Waals surface area contributed by atoms with Crippen LogP contribution in [0.15, 0.2) is 48.2 Å². The van der Waals surface area contributed by atoms with E-state index in [1.54, 1.807) is 30.5 Å². The average Bonchev–Trinajstić information content (AvgIpc) is 2.62. The average molecular weight is 324 g/mol. The van der Waals surface area contributed by atoms with Crippen LogP contribution in [0.5, 0.6) is 0 Å². The van der Waals surface area contributed by atoms with E-state index in [1.165, 1.54) is 11.6 Å². The summed E-state index contributed by atoms with van der Waals surface area (Å²) in [6.07, 6.45) is 5.30. The lowest BCUT2D eigenvalue weighted by Gasteiger charge is -2.29. The first-order chi connectivity index (χ1) is 11.8. The van der Waals surface area contributed by atoms with Crippen LogP contribution in [0.3, 0.4) is 0 Å². The number of allylic oxidation sites excluding steroid dienone is 1. The maximum atomic E-state index is 13.0. The number of halogens is 1. The van der Waals surface area contributed by atoms with E-state index in [2.05, 4.69) is 26.7 Å². The van der Waals surface area contributed by atoms with Crippen LogP contribution >= 0.6 is 0 Å². The van der Waals surface area contributed by atoms with Crippen molar-refractivity contribution in [2.75, 3.05) is 18.0 Å². The Morgan fingerprint density at radius 3 is 2.79 bits per heavy atom. The molecular weight excluding hydrogens is 307 g/mol. The summed E-state index contributed by atoms with van der Waals surface area (Å²) >= 11 is 0. The number of pyridine rings is 2. The third-order valence-corrected chi connectivity index (χ3v) is 3.84. The first kappa shape index (κ1) is 16.1. The van der Waals surface area contributed by atoms with Crippen LogP contribution < -0.4 is 10.4 Å². The second-order valence-electron chi connectivity index (χ2n) is 5.44. The summed E-state index contributed by atoms with van der Waals surface area (Å²) in [5.74, 6) is 6.00. The van der Waals surface area contributed by atoms with Crippen LogP contribution in [-0.4, -0.2) is 23.1 Å². The van der Waals surface area contributed by atoms with Crippen LogP contribution in [0.25, 0.3) is 0 Å². The molecule has 2 aromatic heterocycles. The fourth-order valence-corrected chi connectivity index (χ4v) is 2.61. The van der Waals surface area contributed by atoms with E-state index in [0.717, 1.165) is 37.2 Å². The highest BCUT2D eigenvalue weighted by Crippen LogP contribution is 2.24. The number of anilines is 1. The van der Waals surface area contributed by atoms with Crippen molar-refractivity contribution in [3.8, 4) is 11.8 Å². The van der Waals surface area contributed by atoms with Crippen molar-refractivity contribution >= 4 is 11.5 Å². The minimum atomic E-state index is -0.524. The molecule has 24 heavy (non-hydrogen) atoms. The molecule has 0 aromatic carbocycles. The third kappa shape index (κ3) is 3.96. The SMILES string of the molecule is [O-][NH2+]c1cccnc1N1CCC(=CC#Cc2cccc(F)n2)CC1. The molecular formula is C18H17FN4O. The number of nitrogens with two attached hydrogens (primary N) is 1. The highest BCUT2D eigenvalue weighted by atomic mass is 19.1. The molecule has 1 saturated heterocycles. The van der Waals surface area contributed by atoms with Crippen molar-refractivity contribution in [1.29, 1.82) is 0 Å². The molecule has 0 radical (unpaired) electrons. The Kier molecular flexibility index (Phi) is 5.16. The van der Waals surface area contributed by atoms with Gasteiger partial charge in [-0.1, -0.05) is 17.6 Å². The molecule has 1 aliphatic rings. The molecule has 0 bridgehead atoms. The van der Waals surface area contributed by atoms with Crippen LogP contribution in [0, 0.1) is 23.0 Å². The topological polar surface area (TPSA) is 68.7 Å². The summed E-state index contributed by atoms with van der Waals surface area (Å²) in [4.78, 5) is 10.1. The number of piperidine rings is 1. The van der Waals surface area contributed by atoms with Gasteiger partial charge in [0.2, 0.25) is 5.95 Å². The zero-order valence-electron chi connectivity index (χ0n) is 13.1. The summed E-state index contributed by atoms with van der Waals surface area (Å²) in [6.45, 7) is 1.59. The first-order valence-electron chi connectivity index (χ1n) is 7.73. The van der Waals surface area contributed by atoms with Gasteiger partial charge in [0, 0.05) is 25.4 Å². The van der Waals surface area contributed by atoms with E-state index in [4.69, 9.17) is 0 Å². The Balaban J connectivity index is 1.63. The molecule has 6 heteroatoms. The van der Waals surface area contributed by atoms with Crippen molar-refractivity contribution in [2.45, 2.75) is 12.8 Å². The molecule has 0 saturated carbocycles. The quantitative estimate of drug-likeness (QED) is 0.520. The van der Waals surface area contributed by atoms with Crippen LogP contribution in [0.4, 0.5) is 15.9 Å². The van der Waals surface area contributed by atoms with Gasteiger partial charge in [-0.25, -0.2) is 9.97 Å². The first-order valence-corrected chi connectivity index (χ1v) is 7.73. The minimum absolute atomic E-state index is 0.424. The van der Waals surface area contributed by atoms with Gasteiger partial charge in [-0.15, -0.1) is 0 Å². The molecule has 1 fully saturated rings. The number of aromatic nitrogens is 2. The van der Waals surface area contributed by atoms with E-state index in [9.17, 15) is 9.60 Å². The molecule has 122 valence electrons. The third-order valence-electron chi connectivity index (χ3n) is 3.84. The summed E-state index contributed by atoms with van der Waals surface area (Å²) < 4.78 is 13.0. The number of hydrogen-bond donors (Lipinski definition) is 1. The van der Waals surface area contributed by atoms with Gasteiger partial charge in [0.1, 0.15) is 5.69 Å². The molecule has 0 spiro atoms. The maximum absolute atomic E-state index is 13.0. The lowest BCUT2D eigenvalue weighted by molar-refractivity contribution is -0.496. The van der Waals surface area contributed by atoms with Gasteiger partial charge in [0.15, 0.2) is 11.5 Å². The van der Waals surface area contributed by atoms with Crippen molar-refractivity contribution < 1.29 is 9.87 Å². The summed E-state index contributed by atoms with van der Waals surface area (Å²) in [7, 11) is 0. The smallest absolute Gasteiger partial charge is 0.214 e. The molecule has 0 aliphatic carbocycles. The number of hydrogen-bond acceptors (Lipinski definition) is 4. The molecule has 3 rings (SSSR count). The fourth-order valence-electron chi connectivity index (χ4n) is 2.61. The summed E-state index contributed by atoms with van der Waals surface area (Å²) in [5.41, 5.74) is 3.11. The van der Waals surface area contributed by atoms with Crippen molar-refractivity contribution in [3.05, 3.63) is 65.0 Å². The molecule has 1 aliphatic heterocycles. The lowest BCUT2D eigenvalue weighted by atomic mass is 10.0. The molecule has 5 nitrogen and oxygen atoms in total. The van der Waals surface area contributed by atoms with Gasteiger partial charge in [0.05, 0.1) is 0 Å². The molecule has 0 atom stereocenters. The van der Waals surface area contributed by atoms with E-state index < -0.39 is 5.95 Å². The highest BCUT2D eigenvalue weighted by molar-refractivity contribution is 5.57. The molecule has 3 heterocycles. The monoisotopic (exact) mass is 324 g/mol. The highest BCUT2D eigenvalue weighted by Gasteiger charge is 2.18. The Hall–Kier alpha value is -2.75. The lowest BCUT2D eigenvalue weighted by Crippen LogP contribution is -2.70. The molecule has 0 amide bonds. The van der Waals surface area contributed by atoms with Gasteiger partial charge in [-0.3, -0.25) is 0 Å². The molecule has 2 aromatic rings. The predicted molar refractivity (Wildman–Crippen MR) is 89.8 cm³/mol. The van der Waals surface area contributed by atoms with Gasteiger partial charge >= 0.3 is 0 Å². The Morgan fingerprint density at radius 2 is 2.04 bits per heavy atom. The zero-order valence-corrected chi connectivity index (χ0v) is 13.1. The normalized spacial score (nSPS) is 14.1. The van der Waals surface area contributed by atoms with E-state index in [1.807, 2.05) is 6.08 Å². The van der Waals surface area contributed by atoms with Gasteiger partial charge < -0.3 is 15.6 Å². The van der Waals surface area contributed by atoms with Gasteiger partial charge in [0.25, 0.3) is 0 Å². The maximum Gasteiger partial charge on any atom is 0.214 e. The largest absolute Gasteiger partial charge is 0.630 e. The van der Waals surface area contributed by atoms with E-state index >= 15 is 0 Å². The Morgan fingerprint density at radius 1 is 1.21 bits per heavy atom. The zero-order chi connectivity index (χ0) is 16.8. The molecule has 2 N–H and O–H groups in total. The second-order valence-corrected chi connectivity index (χ2v) is 5.44. The molecule has 0 unspecified atom stereocenters.